The van der Waals surface area contributed by atoms with Crippen molar-refractivity contribution in [3.05, 3.63) is 0 Å². The van der Waals surface area contributed by atoms with E-state index in [2.05, 4.69) is 33.0 Å². The van der Waals surface area contributed by atoms with E-state index in [1.54, 1.807) is 0 Å². The highest BCUT2D eigenvalue weighted by molar-refractivity contribution is 4.84. The van der Waals surface area contributed by atoms with E-state index in [0.29, 0.717) is 12.6 Å². The topological polar surface area (TPSA) is 38.0 Å². The molecule has 3 N–H and O–H groups in total. The number of rotatable bonds is 5. The van der Waals surface area contributed by atoms with Gasteiger partial charge in [0.25, 0.3) is 0 Å². The minimum Gasteiger partial charge on any atom is -0.329 e. The Morgan fingerprint density at radius 2 is 2.00 bits per heavy atom. The SMILES string of the molecule is CCC(C)NC(C)(CC)CN. The van der Waals surface area contributed by atoms with Crippen molar-refractivity contribution in [1.82, 2.24) is 5.32 Å². The molecule has 0 heterocycles. The van der Waals surface area contributed by atoms with Crippen molar-refractivity contribution in [1.29, 1.82) is 0 Å². The molecule has 0 saturated carbocycles. The lowest BCUT2D eigenvalue weighted by atomic mass is 9.97. The zero-order chi connectivity index (χ0) is 8.91. The summed E-state index contributed by atoms with van der Waals surface area (Å²) < 4.78 is 0. The van der Waals surface area contributed by atoms with Gasteiger partial charge in [-0.3, -0.25) is 0 Å². The highest BCUT2D eigenvalue weighted by Gasteiger charge is 2.20. The third-order valence-electron chi connectivity index (χ3n) is 2.44. The van der Waals surface area contributed by atoms with E-state index in [-0.39, 0.29) is 5.54 Å². The van der Waals surface area contributed by atoms with Crippen molar-refractivity contribution in [2.45, 2.75) is 52.1 Å². The molecule has 2 unspecified atom stereocenters. The summed E-state index contributed by atoms with van der Waals surface area (Å²) in [5.41, 5.74) is 5.79. The maximum atomic E-state index is 5.66. The van der Waals surface area contributed by atoms with Crippen LogP contribution in [0, 0.1) is 0 Å². The number of nitrogens with one attached hydrogen (secondary N) is 1. The molecule has 0 fully saturated rings. The lowest BCUT2D eigenvalue weighted by Crippen LogP contribution is -2.51. The van der Waals surface area contributed by atoms with E-state index in [1.807, 2.05) is 0 Å². The first-order valence-corrected chi connectivity index (χ1v) is 4.55. The molecule has 0 radical (unpaired) electrons. The molecule has 0 aliphatic rings. The Morgan fingerprint density at radius 3 is 2.27 bits per heavy atom. The molecular formula is C9H22N2. The average Bonchev–Trinajstić information content (AvgIpc) is 2.04. The van der Waals surface area contributed by atoms with E-state index in [0.717, 1.165) is 12.8 Å². The van der Waals surface area contributed by atoms with Gasteiger partial charge in [0.05, 0.1) is 0 Å². The summed E-state index contributed by atoms with van der Waals surface area (Å²) in [6, 6.07) is 0.573. The molecular weight excluding hydrogens is 136 g/mol. The van der Waals surface area contributed by atoms with Gasteiger partial charge in [0, 0.05) is 18.1 Å². The van der Waals surface area contributed by atoms with Crippen LogP contribution < -0.4 is 11.1 Å². The van der Waals surface area contributed by atoms with Crippen molar-refractivity contribution < 1.29 is 0 Å². The summed E-state index contributed by atoms with van der Waals surface area (Å²) >= 11 is 0. The summed E-state index contributed by atoms with van der Waals surface area (Å²) in [5, 5.41) is 3.52. The van der Waals surface area contributed by atoms with Gasteiger partial charge >= 0.3 is 0 Å². The minimum absolute atomic E-state index is 0.134. The maximum absolute atomic E-state index is 5.66. The van der Waals surface area contributed by atoms with Crippen LogP contribution in [-0.2, 0) is 0 Å². The molecule has 2 heteroatoms. The summed E-state index contributed by atoms with van der Waals surface area (Å²) in [4.78, 5) is 0. The van der Waals surface area contributed by atoms with Gasteiger partial charge in [-0.1, -0.05) is 13.8 Å². The molecule has 0 rings (SSSR count). The van der Waals surface area contributed by atoms with Crippen LogP contribution in [0.4, 0.5) is 0 Å². The Labute approximate surface area is 70.5 Å². The molecule has 11 heavy (non-hydrogen) atoms. The van der Waals surface area contributed by atoms with Crippen molar-refractivity contribution >= 4 is 0 Å². The lowest BCUT2D eigenvalue weighted by Gasteiger charge is -2.31. The molecule has 2 atom stereocenters. The second kappa shape index (κ2) is 4.73. The molecule has 0 aromatic heterocycles. The van der Waals surface area contributed by atoms with Crippen molar-refractivity contribution in [2.24, 2.45) is 5.73 Å². The highest BCUT2D eigenvalue weighted by Crippen LogP contribution is 2.08. The second-order valence-electron chi connectivity index (χ2n) is 3.57. The van der Waals surface area contributed by atoms with E-state index >= 15 is 0 Å². The predicted molar refractivity (Wildman–Crippen MR) is 50.6 cm³/mol. The molecule has 2 nitrogen and oxygen atoms in total. The smallest absolute Gasteiger partial charge is 0.0275 e. The van der Waals surface area contributed by atoms with Gasteiger partial charge < -0.3 is 11.1 Å². The average molecular weight is 158 g/mol. The molecule has 0 aromatic rings. The van der Waals surface area contributed by atoms with E-state index < -0.39 is 0 Å². The van der Waals surface area contributed by atoms with Crippen molar-refractivity contribution in [3.63, 3.8) is 0 Å². The van der Waals surface area contributed by atoms with Gasteiger partial charge in [-0.15, -0.1) is 0 Å². The van der Waals surface area contributed by atoms with Crippen LogP contribution in [0.2, 0.25) is 0 Å². The monoisotopic (exact) mass is 158 g/mol. The van der Waals surface area contributed by atoms with Gasteiger partial charge in [-0.25, -0.2) is 0 Å². The van der Waals surface area contributed by atoms with Gasteiger partial charge in [-0.2, -0.15) is 0 Å². The van der Waals surface area contributed by atoms with Crippen LogP contribution >= 0.6 is 0 Å². The van der Waals surface area contributed by atoms with Gasteiger partial charge in [-0.05, 0) is 26.7 Å². The quantitative estimate of drug-likeness (QED) is 0.636. The standard InChI is InChI=1S/C9H22N2/c1-5-8(3)11-9(4,6-2)7-10/h8,11H,5-7,10H2,1-4H3. The Hall–Kier alpha value is -0.0800. The Bertz CT molecular complexity index is 97.7. The van der Waals surface area contributed by atoms with Crippen molar-refractivity contribution in [3.8, 4) is 0 Å². The van der Waals surface area contributed by atoms with E-state index in [4.69, 9.17) is 5.73 Å². The van der Waals surface area contributed by atoms with Crippen LogP contribution in [0.5, 0.6) is 0 Å². The summed E-state index contributed by atoms with van der Waals surface area (Å²) in [5.74, 6) is 0. The normalized spacial score (nSPS) is 19.4. The first-order valence-electron chi connectivity index (χ1n) is 4.55. The molecule has 0 spiro atoms. The molecule has 0 aliphatic carbocycles. The zero-order valence-electron chi connectivity index (χ0n) is 8.28. The second-order valence-corrected chi connectivity index (χ2v) is 3.57. The molecule has 0 bridgehead atoms. The van der Waals surface area contributed by atoms with Crippen LogP contribution in [0.25, 0.3) is 0 Å². The molecule has 0 saturated heterocycles. The summed E-state index contributed by atoms with van der Waals surface area (Å²) in [7, 11) is 0. The van der Waals surface area contributed by atoms with Crippen LogP contribution in [0.3, 0.4) is 0 Å². The Morgan fingerprint density at radius 1 is 1.45 bits per heavy atom. The highest BCUT2D eigenvalue weighted by atomic mass is 15.0. The Balaban J connectivity index is 3.86. The molecule has 0 aliphatic heterocycles. The largest absolute Gasteiger partial charge is 0.329 e. The van der Waals surface area contributed by atoms with Crippen LogP contribution in [-0.4, -0.2) is 18.1 Å². The fourth-order valence-electron chi connectivity index (χ4n) is 1.00. The fraction of sp³-hybridized carbons (Fsp3) is 1.00. The van der Waals surface area contributed by atoms with Crippen molar-refractivity contribution in [2.75, 3.05) is 6.54 Å². The summed E-state index contributed by atoms with van der Waals surface area (Å²) in [6.45, 7) is 9.45. The number of nitrogens with two attached hydrogens (primary N) is 1. The third-order valence-corrected chi connectivity index (χ3v) is 2.44. The van der Waals surface area contributed by atoms with E-state index in [1.165, 1.54) is 0 Å². The predicted octanol–water partition coefficient (Wildman–Crippen LogP) is 1.50. The molecule has 0 amide bonds. The van der Waals surface area contributed by atoms with Crippen LogP contribution in [0.15, 0.2) is 0 Å². The molecule has 68 valence electrons. The van der Waals surface area contributed by atoms with Crippen LogP contribution in [0.1, 0.15) is 40.5 Å². The lowest BCUT2D eigenvalue weighted by molar-refractivity contribution is 0.310. The maximum Gasteiger partial charge on any atom is 0.0275 e. The number of hydrogen-bond donors (Lipinski definition) is 2. The first kappa shape index (κ1) is 10.9. The molecule has 0 aromatic carbocycles. The summed E-state index contributed by atoms with van der Waals surface area (Å²) in [6.07, 6.45) is 2.25. The van der Waals surface area contributed by atoms with Gasteiger partial charge in [0.1, 0.15) is 0 Å². The van der Waals surface area contributed by atoms with Gasteiger partial charge in [0.2, 0.25) is 0 Å². The van der Waals surface area contributed by atoms with E-state index in [9.17, 15) is 0 Å². The Kier molecular flexibility index (Phi) is 4.69. The first-order chi connectivity index (χ1) is 5.08. The number of hydrogen-bond acceptors (Lipinski definition) is 2. The minimum atomic E-state index is 0.134. The van der Waals surface area contributed by atoms with Gasteiger partial charge in [0.15, 0.2) is 0 Å². The zero-order valence-corrected chi connectivity index (χ0v) is 8.28. The fourth-order valence-corrected chi connectivity index (χ4v) is 1.00. The third kappa shape index (κ3) is 3.73.